The van der Waals surface area contributed by atoms with Crippen molar-refractivity contribution in [2.45, 2.75) is 13.3 Å². The summed E-state index contributed by atoms with van der Waals surface area (Å²) < 4.78 is 1.42. The molecule has 3 heterocycles. The van der Waals surface area contributed by atoms with Gasteiger partial charge in [-0.2, -0.15) is 16.4 Å². The van der Waals surface area contributed by atoms with Crippen LogP contribution in [0.25, 0.3) is 5.82 Å². The minimum Gasteiger partial charge on any atom is -0.355 e. The van der Waals surface area contributed by atoms with E-state index in [1.807, 2.05) is 16.8 Å². The standard InChI is InChI=1S/C23H19Cl2N5O2S/c1-13-8-15(24)10-17(22(31)26-2)20(13)28-23(32)19-11-16(9-14-5-7-33-12-14)29-30(19)21-18(25)4-3-6-27-21/h3-8,10-12H,9H2,1-2H3,(H,26,31)(H,28,32). The van der Waals surface area contributed by atoms with Crippen molar-refractivity contribution < 1.29 is 9.59 Å². The molecule has 1 aromatic carbocycles. The Kier molecular flexibility index (Phi) is 6.78. The lowest BCUT2D eigenvalue weighted by atomic mass is 10.1. The van der Waals surface area contributed by atoms with Crippen molar-refractivity contribution in [2.24, 2.45) is 0 Å². The maximum atomic E-state index is 13.4. The van der Waals surface area contributed by atoms with Gasteiger partial charge in [-0.1, -0.05) is 23.2 Å². The zero-order valence-electron chi connectivity index (χ0n) is 17.7. The molecule has 0 aliphatic carbocycles. The highest BCUT2D eigenvalue weighted by Crippen LogP contribution is 2.27. The number of aromatic nitrogens is 3. The van der Waals surface area contributed by atoms with Gasteiger partial charge >= 0.3 is 0 Å². The van der Waals surface area contributed by atoms with Gasteiger partial charge in [-0.3, -0.25) is 9.59 Å². The highest BCUT2D eigenvalue weighted by atomic mass is 35.5. The van der Waals surface area contributed by atoms with Crippen LogP contribution in [-0.4, -0.2) is 33.6 Å². The average Bonchev–Trinajstić information content (AvgIpc) is 3.45. The minimum absolute atomic E-state index is 0.234. The number of aryl methyl sites for hydroxylation is 1. The summed E-state index contributed by atoms with van der Waals surface area (Å²) in [6, 6.07) is 10.3. The van der Waals surface area contributed by atoms with Gasteiger partial charge in [0.1, 0.15) is 5.69 Å². The SMILES string of the molecule is CNC(=O)c1cc(Cl)cc(C)c1NC(=O)c1cc(Cc2ccsc2)nn1-c1ncccc1Cl. The molecule has 0 radical (unpaired) electrons. The fraction of sp³-hybridized carbons (Fsp3) is 0.130. The molecular formula is C23H19Cl2N5O2S. The van der Waals surface area contributed by atoms with Gasteiger partial charge in [-0.15, -0.1) is 0 Å². The molecule has 2 amide bonds. The van der Waals surface area contributed by atoms with Crippen molar-refractivity contribution in [2.75, 3.05) is 12.4 Å². The quantitative estimate of drug-likeness (QED) is 0.384. The molecule has 4 aromatic rings. The van der Waals surface area contributed by atoms with Gasteiger partial charge in [-0.05, 0) is 65.2 Å². The fourth-order valence-electron chi connectivity index (χ4n) is 3.38. The van der Waals surface area contributed by atoms with Gasteiger partial charge in [-0.25, -0.2) is 9.67 Å². The molecule has 0 bridgehead atoms. The van der Waals surface area contributed by atoms with Gasteiger partial charge in [0.2, 0.25) is 0 Å². The number of carbonyl (C=O) groups excluding carboxylic acids is 2. The van der Waals surface area contributed by atoms with Crippen LogP contribution in [0.5, 0.6) is 0 Å². The Morgan fingerprint density at radius 2 is 1.97 bits per heavy atom. The van der Waals surface area contributed by atoms with E-state index in [4.69, 9.17) is 23.2 Å². The predicted octanol–water partition coefficient (Wildman–Crippen LogP) is 5.15. The predicted molar refractivity (Wildman–Crippen MR) is 131 cm³/mol. The maximum absolute atomic E-state index is 13.4. The van der Waals surface area contributed by atoms with Gasteiger partial charge in [0.15, 0.2) is 5.82 Å². The van der Waals surface area contributed by atoms with E-state index in [2.05, 4.69) is 20.7 Å². The fourth-order valence-corrected chi connectivity index (χ4v) is 4.52. The van der Waals surface area contributed by atoms with Crippen molar-refractivity contribution in [3.05, 3.63) is 91.5 Å². The molecule has 0 aliphatic rings. The van der Waals surface area contributed by atoms with Crippen LogP contribution in [0.15, 0.2) is 53.4 Å². The van der Waals surface area contributed by atoms with Gasteiger partial charge in [0, 0.05) is 24.7 Å². The summed E-state index contributed by atoms with van der Waals surface area (Å²) in [5, 5.41) is 14.8. The minimum atomic E-state index is -0.462. The monoisotopic (exact) mass is 499 g/mol. The number of amides is 2. The lowest BCUT2D eigenvalue weighted by Crippen LogP contribution is -2.23. The summed E-state index contributed by atoms with van der Waals surface area (Å²) in [5.41, 5.74) is 3.27. The first-order valence-electron chi connectivity index (χ1n) is 9.92. The second-order valence-corrected chi connectivity index (χ2v) is 8.85. The van der Waals surface area contributed by atoms with Crippen LogP contribution >= 0.6 is 34.5 Å². The van der Waals surface area contributed by atoms with Crippen LogP contribution in [0.3, 0.4) is 0 Å². The van der Waals surface area contributed by atoms with Gasteiger partial charge < -0.3 is 10.6 Å². The van der Waals surface area contributed by atoms with Crippen LogP contribution in [0.1, 0.15) is 37.7 Å². The molecule has 10 heteroatoms. The molecule has 3 aromatic heterocycles. The van der Waals surface area contributed by atoms with E-state index < -0.39 is 5.91 Å². The summed E-state index contributed by atoms with van der Waals surface area (Å²) in [7, 11) is 1.51. The molecule has 7 nitrogen and oxygen atoms in total. The van der Waals surface area contributed by atoms with Crippen molar-refractivity contribution in [3.8, 4) is 5.82 Å². The third-order valence-electron chi connectivity index (χ3n) is 4.91. The third kappa shape index (κ3) is 4.93. The van der Waals surface area contributed by atoms with E-state index in [0.717, 1.165) is 5.56 Å². The topological polar surface area (TPSA) is 88.9 Å². The second kappa shape index (κ2) is 9.74. The molecule has 0 fully saturated rings. The third-order valence-corrected chi connectivity index (χ3v) is 6.15. The average molecular weight is 500 g/mol. The highest BCUT2D eigenvalue weighted by Gasteiger charge is 2.22. The summed E-state index contributed by atoms with van der Waals surface area (Å²) in [6.45, 7) is 1.77. The zero-order valence-corrected chi connectivity index (χ0v) is 20.1. The van der Waals surface area contributed by atoms with Crippen molar-refractivity contribution in [3.63, 3.8) is 0 Å². The Bertz CT molecular complexity index is 1330. The second-order valence-electron chi connectivity index (χ2n) is 7.23. The van der Waals surface area contributed by atoms with Crippen LogP contribution in [0, 0.1) is 6.92 Å². The maximum Gasteiger partial charge on any atom is 0.274 e. The molecular weight excluding hydrogens is 481 g/mol. The van der Waals surface area contributed by atoms with E-state index in [0.29, 0.717) is 39.2 Å². The molecule has 0 saturated heterocycles. The van der Waals surface area contributed by atoms with E-state index >= 15 is 0 Å². The summed E-state index contributed by atoms with van der Waals surface area (Å²) in [5.74, 6) is -0.494. The number of benzene rings is 1. The van der Waals surface area contributed by atoms with Crippen molar-refractivity contribution >= 4 is 52.0 Å². The van der Waals surface area contributed by atoms with Crippen LogP contribution in [0.2, 0.25) is 10.0 Å². The number of anilines is 1. The molecule has 0 atom stereocenters. The molecule has 0 spiro atoms. The first kappa shape index (κ1) is 23.0. The highest BCUT2D eigenvalue weighted by molar-refractivity contribution is 7.07. The number of hydrogen-bond acceptors (Lipinski definition) is 5. The van der Waals surface area contributed by atoms with Crippen LogP contribution in [0.4, 0.5) is 5.69 Å². The van der Waals surface area contributed by atoms with Crippen molar-refractivity contribution in [1.29, 1.82) is 0 Å². The van der Waals surface area contributed by atoms with E-state index in [1.165, 1.54) is 17.8 Å². The Morgan fingerprint density at radius 3 is 2.67 bits per heavy atom. The number of halogens is 2. The molecule has 4 rings (SSSR count). The molecule has 33 heavy (non-hydrogen) atoms. The Labute approximate surface area is 204 Å². The van der Waals surface area contributed by atoms with Crippen LogP contribution in [-0.2, 0) is 6.42 Å². The normalized spacial score (nSPS) is 10.8. The number of nitrogens with zero attached hydrogens (tertiary/aromatic N) is 3. The summed E-state index contributed by atoms with van der Waals surface area (Å²) in [4.78, 5) is 30.1. The number of rotatable bonds is 6. The molecule has 0 unspecified atom stereocenters. The van der Waals surface area contributed by atoms with E-state index in [9.17, 15) is 9.59 Å². The zero-order chi connectivity index (χ0) is 23.5. The number of thiophene rings is 1. The summed E-state index contributed by atoms with van der Waals surface area (Å²) in [6.07, 6.45) is 2.13. The van der Waals surface area contributed by atoms with E-state index in [-0.39, 0.29) is 17.2 Å². The van der Waals surface area contributed by atoms with Gasteiger partial charge in [0.25, 0.3) is 11.8 Å². The number of pyridine rings is 1. The lowest BCUT2D eigenvalue weighted by molar-refractivity contribution is 0.0964. The van der Waals surface area contributed by atoms with E-state index in [1.54, 1.807) is 48.7 Å². The Morgan fingerprint density at radius 1 is 1.15 bits per heavy atom. The number of nitrogens with one attached hydrogen (secondary N) is 2. The first-order chi connectivity index (χ1) is 15.9. The smallest absolute Gasteiger partial charge is 0.274 e. The number of hydrogen-bond donors (Lipinski definition) is 2. The number of carbonyl (C=O) groups is 2. The van der Waals surface area contributed by atoms with Crippen LogP contribution < -0.4 is 10.6 Å². The van der Waals surface area contributed by atoms with Crippen molar-refractivity contribution in [1.82, 2.24) is 20.1 Å². The molecule has 0 saturated carbocycles. The largest absolute Gasteiger partial charge is 0.355 e. The molecule has 168 valence electrons. The Balaban J connectivity index is 1.77. The molecule has 2 N–H and O–H groups in total. The van der Waals surface area contributed by atoms with Gasteiger partial charge in [0.05, 0.1) is 22.0 Å². The summed E-state index contributed by atoms with van der Waals surface area (Å²) >= 11 is 14.1. The Hall–Kier alpha value is -3.20. The first-order valence-corrected chi connectivity index (χ1v) is 11.6. The molecule has 0 aliphatic heterocycles. The lowest BCUT2D eigenvalue weighted by Gasteiger charge is -2.14.